The van der Waals surface area contributed by atoms with Gasteiger partial charge in [0.15, 0.2) is 0 Å². The van der Waals surface area contributed by atoms with Gasteiger partial charge in [-0.1, -0.05) is 37.3 Å². The molecule has 1 rings (SSSR count). The second-order valence-electron chi connectivity index (χ2n) is 4.67. The van der Waals surface area contributed by atoms with Crippen molar-refractivity contribution in [1.29, 1.82) is 0 Å². The Morgan fingerprint density at radius 1 is 1.10 bits per heavy atom. The number of carbonyl (C=O) groups is 2. The molecule has 0 saturated heterocycles. The normalized spacial score (nSPS) is 11.8. The molecule has 1 N–H and O–H groups in total. The number of hydrogen-bond acceptors (Lipinski definition) is 2. The van der Waals surface area contributed by atoms with Gasteiger partial charge in [-0.15, -0.1) is 0 Å². The van der Waals surface area contributed by atoms with Gasteiger partial charge in [-0.3, -0.25) is 9.59 Å². The van der Waals surface area contributed by atoms with Crippen molar-refractivity contribution in [3.8, 4) is 0 Å². The Morgan fingerprint density at radius 2 is 1.70 bits per heavy atom. The van der Waals surface area contributed by atoms with Crippen molar-refractivity contribution in [3.63, 3.8) is 0 Å². The van der Waals surface area contributed by atoms with Crippen molar-refractivity contribution < 1.29 is 9.59 Å². The fourth-order valence-corrected chi connectivity index (χ4v) is 2.11. The van der Waals surface area contributed by atoms with Crippen LogP contribution in [0.25, 0.3) is 0 Å². The smallest absolute Gasteiger partial charge is 0.249 e. The van der Waals surface area contributed by atoms with E-state index in [0.29, 0.717) is 19.5 Å². The van der Waals surface area contributed by atoms with Crippen LogP contribution in [-0.4, -0.2) is 29.8 Å². The average Bonchev–Trinajstić information content (AvgIpc) is 2.47. The van der Waals surface area contributed by atoms with Crippen molar-refractivity contribution in [2.45, 2.75) is 39.7 Å². The summed E-state index contributed by atoms with van der Waals surface area (Å²) in [5, 5.41) is 2.85. The van der Waals surface area contributed by atoms with E-state index in [4.69, 9.17) is 0 Å². The molecule has 4 nitrogen and oxygen atoms in total. The highest BCUT2D eigenvalue weighted by Crippen LogP contribution is 2.16. The molecule has 0 aliphatic rings. The van der Waals surface area contributed by atoms with E-state index in [2.05, 4.69) is 5.32 Å². The highest BCUT2D eigenvalue weighted by Gasteiger charge is 2.25. The molecule has 0 spiro atoms. The minimum absolute atomic E-state index is 0.0503. The lowest BCUT2D eigenvalue weighted by Crippen LogP contribution is -2.42. The Balaban J connectivity index is 2.95. The molecule has 1 aromatic rings. The minimum atomic E-state index is -0.588. The van der Waals surface area contributed by atoms with E-state index in [1.807, 2.05) is 51.1 Å². The second kappa shape index (κ2) is 8.35. The Kier molecular flexibility index (Phi) is 6.77. The first kappa shape index (κ1) is 16.2. The summed E-state index contributed by atoms with van der Waals surface area (Å²) in [6.45, 7) is 7.11. The first-order chi connectivity index (χ1) is 9.63. The van der Waals surface area contributed by atoms with Gasteiger partial charge in [0.2, 0.25) is 11.8 Å². The Labute approximate surface area is 121 Å². The van der Waals surface area contributed by atoms with Crippen molar-refractivity contribution in [2.75, 3.05) is 13.1 Å². The third kappa shape index (κ3) is 4.37. The SMILES string of the molecule is CCCC(=O)N[C@H](C(=O)N(CC)CC)c1ccccc1. The number of nitrogens with zero attached hydrogens (tertiary/aromatic N) is 1. The molecule has 1 atom stereocenters. The Morgan fingerprint density at radius 3 is 2.20 bits per heavy atom. The summed E-state index contributed by atoms with van der Waals surface area (Å²) < 4.78 is 0. The zero-order valence-corrected chi connectivity index (χ0v) is 12.6. The average molecular weight is 276 g/mol. The predicted molar refractivity (Wildman–Crippen MR) is 80.2 cm³/mol. The fraction of sp³-hybridized carbons (Fsp3) is 0.500. The first-order valence-corrected chi connectivity index (χ1v) is 7.27. The van der Waals surface area contributed by atoms with Crippen LogP contribution in [0.2, 0.25) is 0 Å². The van der Waals surface area contributed by atoms with Crippen LogP contribution in [0.15, 0.2) is 30.3 Å². The van der Waals surface area contributed by atoms with Gasteiger partial charge in [-0.05, 0) is 25.8 Å². The molecule has 1 aromatic carbocycles. The summed E-state index contributed by atoms with van der Waals surface area (Å²) in [5.74, 6) is -0.132. The van der Waals surface area contributed by atoms with Gasteiger partial charge in [0.1, 0.15) is 6.04 Å². The highest BCUT2D eigenvalue weighted by molar-refractivity contribution is 5.88. The number of hydrogen-bond donors (Lipinski definition) is 1. The van der Waals surface area contributed by atoms with Crippen molar-refractivity contribution >= 4 is 11.8 Å². The molecule has 2 amide bonds. The van der Waals surface area contributed by atoms with Gasteiger partial charge in [0, 0.05) is 19.5 Å². The summed E-state index contributed by atoms with van der Waals surface area (Å²) in [4.78, 5) is 26.1. The molecule has 0 fully saturated rings. The maximum absolute atomic E-state index is 12.6. The van der Waals surface area contributed by atoms with Gasteiger partial charge in [0.05, 0.1) is 0 Å². The topological polar surface area (TPSA) is 49.4 Å². The van der Waals surface area contributed by atoms with Crippen molar-refractivity contribution in [2.24, 2.45) is 0 Å². The molecule has 0 aliphatic heterocycles. The van der Waals surface area contributed by atoms with E-state index in [-0.39, 0.29) is 11.8 Å². The largest absolute Gasteiger partial charge is 0.341 e. The summed E-state index contributed by atoms with van der Waals surface area (Å²) >= 11 is 0. The second-order valence-corrected chi connectivity index (χ2v) is 4.67. The Hall–Kier alpha value is -1.84. The zero-order chi connectivity index (χ0) is 15.0. The molecule has 20 heavy (non-hydrogen) atoms. The first-order valence-electron chi connectivity index (χ1n) is 7.27. The maximum Gasteiger partial charge on any atom is 0.249 e. The van der Waals surface area contributed by atoms with Gasteiger partial charge in [-0.2, -0.15) is 0 Å². The van der Waals surface area contributed by atoms with Crippen LogP contribution >= 0.6 is 0 Å². The van der Waals surface area contributed by atoms with Gasteiger partial charge >= 0.3 is 0 Å². The molecule has 110 valence electrons. The maximum atomic E-state index is 12.6. The van der Waals surface area contributed by atoms with E-state index in [1.54, 1.807) is 4.90 Å². The third-order valence-corrected chi connectivity index (χ3v) is 3.24. The molecule has 0 radical (unpaired) electrons. The van der Waals surface area contributed by atoms with E-state index in [1.165, 1.54) is 0 Å². The van der Waals surface area contributed by atoms with Gasteiger partial charge in [-0.25, -0.2) is 0 Å². The van der Waals surface area contributed by atoms with Crippen LogP contribution < -0.4 is 5.32 Å². The van der Waals surface area contributed by atoms with Crippen molar-refractivity contribution in [1.82, 2.24) is 10.2 Å². The molecule has 0 bridgehead atoms. The minimum Gasteiger partial charge on any atom is -0.341 e. The number of rotatable bonds is 7. The van der Waals surface area contributed by atoms with E-state index < -0.39 is 6.04 Å². The monoisotopic (exact) mass is 276 g/mol. The quantitative estimate of drug-likeness (QED) is 0.832. The van der Waals surface area contributed by atoms with Crippen LogP contribution in [0.1, 0.15) is 45.2 Å². The van der Waals surface area contributed by atoms with Crippen LogP contribution in [0.4, 0.5) is 0 Å². The summed E-state index contributed by atoms with van der Waals surface area (Å²) in [5.41, 5.74) is 0.828. The fourth-order valence-electron chi connectivity index (χ4n) is 2.11. The zero-order valence-electron chi connectivity index (χ0n) is 12.6. The molecule has 0 aliphatic carbocycles. The number of likely N-dealkylation sites (N-methyl/N-ethyl adjacent to an activating group) is 1. The number of amides is 2. The number of benzene rings is 1. The van der Waals surface area contributed by atoms with E-state index in [9.17, 15) is 9.59 Å². The highest BCUT2D eigenvalue weighted by atomic mass is 16.2. The third-order valence-electron chi connectivity index (χ3n) is 3.24. The lowest BCUT2D eigenvalue weighted by Gasteiger charge is -2.26. The lowest BCUT2D eigenvalue weighted by molar-refractivity contribution is -0.136. The van der Waals surface area contributed by atoms with Crippen LogP contribution in [0.5, 0.6) is 0 Å². The Bertz CT molecular complexity index is 427. The van der Waals surface area contributed by atoms with Crippen LogP contribution in [-0.2, 0) is 9.59 Å². The predicted octanol–water partition coefficient (Wildman–Crippen LogP) is 2.51. The molecular weight excluding hydrogens is 252 g/mol. The van der Waals surface area contributed by atoms with E-state index >= 15 is 0 Å². The summed E-state index contributed by atoms with van der Waals surface area (Å²) in [6, 6.07) is 8.82. The van der Waals surface area contributed by atoms with Gasteiger partial charge in [0.25, 0.3) is 0 Å². The number of nitrogens with one attached hydrogen (secondary N) is 1. The molecule has 4 heteroatoms. The molecule has 0 unspecified atom stereocenters. The van der Waals surface area contributed by atoms with Crippen LogP contribution in [0.3, 0.4) is 0 Å². The standard InChI is InChI=1S/C16H24N2O2/c1-4-10-14(19)17-15(13-11-8-7-9-12-13)16(20)18(5-2)6-3/h7-9,11-12,15H,4-6,10H2,1-3H3,(H,17,19)/t15-/m0/s1. The molecule has 0 saturated carbocycles. The van der Waals surface area contributed by atoms with E-state index in [0.717, 1.165) is 12.0 Å². The van der Waals surface area contributed by atoms with Crippen molar-refractivity contribution in [3.05, 3.63) is 35.9 Å². The number of carbonyl (C=O) groups excluding carboxylic acids is 2. The molecule has 0 aromatic heterocycles. The molecule has 0 heterocycles. The lowest BCUT2D eigenvalue weighted by atomic mass is 10.0. The van der Waals surface area contributed by atoms with Crippen LogP contribution in [0, 0.1) is 0 Å². The summed E-state index contributed by atoms with van der Waals surface area (Å²) in [7, 11) is 0. The van der Waals surface area contributed by atoms with Gasteiger partial charge < -0.3 is 10.2 Å². The molecular formula is C16H24N2O2. The summed E-state index contributed by atoms with van der Waals surface area (Å²) in [6.07, 6.45) is 1.21.